The predicted octanol–water partition coefficient (Wildman–Crippen LogP) is 2.21. The standard InChI is InChI=1S/C19H28N2O4/c1-5-13-6-8-14(9-7-13)17(23)20-10-15-11-21(12-16(15)22)18(24)25-19(2,3)4/h6-9,15-16,22H,5,10-12H2,1-4H3,(H,20,23)/t15-,16+/m0/s1. The van der Waals surface area contributed by atoms with E-state index in [1.165, 1.54) is 10.5 Å². The number of carbonyl (C=O) groups excluding carboxylic acids is 2. The lowest BCUT2D eigenvalue weighted by Crippen LogP contribution is -2.36. The maximum Gasteiger partial charge on any atom is 0.410 e. The van der Waals surface area contributed by atoms with Gasteiger partial charge >= 0.3 is 6.09 Å². The molecule has 0 radical (unpaired) electrons. The van der Waals surface area contributed by atoms with E-state index in [4.69, 9.17) is 4.74 Å². The smallest absolute Gasteiger partial charge is 0.410 e. The maximum absolute atomic E-state index is 12.2. The topological polar surface area (TPSA) is 78.9 Å². The van der Waals surface area contributed by atoms with Crippen LogP contribution in [-0.2, 0) is 11.2 Å². The van der Waals surface area contributed by atoms with Gasteiger partial charge in [0.25, 0.3) is 5.91 Å². The third-order valence-electron chi connectivity index (χ3n) is 4.21. The number of benzene rings is 1. The normalized spacial score (nSPS) is 20.4. The summed E-state index contributed by atoms with van der Waals surface area (Å²) in [5.41, 5.74) is 1.20. The molecule has 0 bridgehead atoms. The summed E-state index contributed by atoms with van der Waals surface area (Å²) in [6, 6.07) is 7.46. The fraction of sp³-hybridized carbons (Fsp3) is 0.579. The van der Waals surface area contributed by atoms with Gasteiger partial charge in [-0.25, -0.2) is 4.79 Å². The molecule has 0 aromatic heterocycles. The summed E-state index contributed by atoms with van der Waals surface area (Å²) < 4.78 is 5.32. The van der Waals surface area contributed by atoms with Crippen molar-refractivity contribution in [3.63, 3.8) is 0 Å². The molecule has 1 saturated heterocycles. The highest BCUT2D eigenvalue weighted by atomic mass is 16.6. The Bertz CT molecular complexity index is 607. The van der Waals surface area contributed by atoms with Crippen molar-refractivity contribution in [1.29, 1.82) is 0 Å². The highest BCUT2D eigenvalue weighted by molar-refractivity contribution is 5.94. The van der Waals surface area contributed by atoms with E-state index in [2.05, 4.69) is 12.2 Å². The van der Waals surface area contributed by atoms with Crippen molar-refractivity contribution in [2.75, 3.05) is 19.6 Å². The zero-order chi connectivity index (χ0) is 18.6. The van der Waals surface area contributed by atoms with Crippen molar-refractivity contribution in [3.8, 4) is 0 Å². The average Bonchev–Trinajstić information content (AvgIpc) is 2.92. The van der Waals surface area contributed by atoms with Gasteiger partial charge in [-0.1, -0.05) is 19.1 Å². The number of carbonyl (C=O) groups is 2. The van der Waals surface area contributed by atoms with E-state index in [-0.39, 0.29) is 18.4 Å². The molecule has 6 heteroatoms. The summed E-state index contributed by atoms with van der Waals surface area (Å²) in [5, 5.41) is 13.0. The summed E-state index contributed by atoms with van der Waals surface area (Å²) in [7, 11) is 0. The van der Waals surface area contributed by atoms with E-state index in [0.29, 0.717) is 18.7 Å². The molecule has 2 atom stereocenters. The van der Waals surface area contributed by atoms with Gasteiger partial charge in [0.05, 0.1) is 12.6 Å². The van der Waals surface area contributed by atoms with Crippen LogP contribution in [0.25, 0.3) is 0 Å². The summed E-state index contributed by atoms with van der Waals surface area (Å²) in [4.78, 5) is 25.8. The van der Waals surface area contributed by atoms with Crippen LogP contribution in [0.5, 0.6) is 0 Å². The van der Waals surface area contributed by atoms with Crippen molar-refractivity contribution >= 4 is 12.0 Å². The monoisotopic (exact) mass is 348 g/mol. The SMILES string of the molecule is CCc1ccc(C(=O)NC[C@H]2CN(C(=O)OC(C)(C)C)C[C@H]2O)cc1. The molecule has 2 amide bonds. The second-order valence-electron chi connectivity index (χ2n) is 7.47. The first kappa shape index (κ1) is 19.2. The number of aliphatic hydroxyl groups excluding tert-OH is 1. The van der Waals surface area contributed by atoms with Crippen LogP contribution in [-0.4, -0.2) is 53.3 Å². The Hall–Kier alpha value is -2.08. The number of rotatable bonds is 4. The van der Waals surface area contributed by atoms with Crippen molar-refractivity contribution in [2.24, 2.45) is 5.92 Å². The molecule has 0 unspecified atom stereocenters. The number of hydrogen-bond acceptors (Lipinski definition) is 4. The molecular formula is C19H28N2O4. The Kier molecular flexibility index (Phi) is 6.06. The number of nitrogens with one attached hydrogen (secondary N) is 1. The first-order chi connectivity index (χ1) is 11.7. The van der Waals surface area contributed by atoms with Crippen molar-refractivity contribution in [3.05, 3.63) is 35.4 Å². The van der Waals surface area contributed by atoms with Crippen LogP contribution in [0.15, 0.2) is 24.3 Å². The molecule has 0 saturated carbocycles. The van der Waals surface area contributed by atoms with Crippen LogP contribution in [0.2, 0.25) is 0 Å². The highest BCUT2D eigenvalue weighted by Crippen LogP contribution is 2.19. The van der Waals surface area contributed by atoms with Crippen molar-refractivity contribution in [1.82, 2.24) is 10.2 Å². The van der Waals surface area contributed by atoms with Gasteiger partial charge in [0, 0.05) is 24.6 Å². The molecule has 1 aliphatic rings. The van der Waals surface area contributed by atoms with Gasteiger partial charge in [0.15, 0.2) is 0 Å². The Balaban J connectivity index is 1.86. The molecule has 25 heavy (non-hydrogen) atoms. The molecule has 1 fully saturated rings. The number of aryl methyl sites for hydroxylation is 1. The highest BCUT2D eigenvalue weighted by Gasteiger charge is 2.36. The third-order valence-corrected chi connectivity index (χ3v) is 4.21. The summed E-state index contributed by atoms with van der Waals surface area (Å²) in [5.74, 6) is -0.378. The minimum atomic E-state index is -0.671. The lowest BCUT2D eigenvalue weighted by atomic mass is 10.1. The molecule has 0 spiro atoms. The zero-order valence-corrected chi connectivity index (χ0v) is 15.4. The first-order valence-electron chi connectivity index (χ1n) is 8.72. The van der Waals surface area contributed by atoms with E-state index in [9.17, 15) is 14.7 Å². The molecule has 1 aromatic rings. The molecule has 1 aliphatic heterocycles. The van der Waals surface area contributed by atoms with Crippen LogP contribution in [0, 0.1) is 5.92 Å². The van der Waals surface area contributed by atoms with Gasteiger partial charge in [-0.3, -0.25) is 4.79 Å². The van der Waals surface area contributed by atoms with Gasteiger partial charge < -0.3 is 20.1 Å². The summed E-state index contributed by atoms with van der Waals surface area (Å²) in [6.07, 6.45) is -0.178. The second kappa shape index (κ2) is 7.87. The minimum absolute atomic E-state index is 0.175. The molecule has 1 heterocycles. The predicted molar refractivity (Wildman–Crippen MR) is 95.5 cm³/mol. The first-order valence-corrected chi connectivity index (χ1v) is 8.72. The van der Waals surface area contributed by atoms with E-state index in [1.807, 2.05) is 12.1 Å². The Morgan fingerprint density at radius 3 is 2.44 bits per heavy atom. The molecule has 138 valence electrons. The number of hydrogen-bond donors (Lipinski definition) is 2. The van der Waals surface area contributed by atoms with Crippen molar-refractivity contribution in [2.45, 2.75) is 45.8 Å². The number of nitrogens with zero attached hydrogens (tertiary/aromatic N) is 1. The maximum atomic E-state index is 12.2. The number of aliphatic hydroxyl groups is 1. The second-order valence-corrected chi connectivity index (χ2v) is 7.47. The van der Waals surface area contributed by atoms with Gasteiger partial charge in [-0.15, -0.1) is 0 Å². The fourth-order valence-electron chi connectivity index (χ4n) is 2.75. The third kappa shape index (κ3) is 5.46. The van der Waals surface area contributed by atoms with E-state index in [0.717, 1.165) is 6.42 Å². The largest absolute Gasteiger partial charge is 0.444 e. The van der Waals surface area contributed by atoms with Crippen LogP contribution in [0.4, 0.5) is 4.79 Å². The van der Waals surface area contributed by atoms with Crippen LogP contribution in [0.1, 0.15) is 43.6 Å². The zero-order valence-electron chi connectivity index (χ0n) is 15.4. The molecular weight excluding hydrogens is 320 g/mol. The van der Waals surface area contributed by atoms with E-state index < -0.39 is 17.8 Å². The Labute approximate surface area is 149 Å². The lowest BCUT2D eigenvalue weighted by Gasteiger charge is -2.24. The van der Waals surface area contributed by atoms with Crippen molar-refractivity contribution < 1.29 is 19.4 Å². The van der Waals surface area contributed by atoms with Crippen LogP contribution >= 0.6 is 0 Å². The number of ether oxygens (including phenoxy) is 1. The summed E-state index contributed by atoms with van der Waals surface area (Å²) >= 11 is 0. The minimum Gasteiger partial charge on any atom is -0.444 e. The molecule has 0 aliphatic carbocycles. The van der Waals surface area contributed by atoms with Gasteiger partial charge in [0.2, 0.25) is 0 Å². The lowest BCUT2D eigenvalue weighted by molar-refractivity contribution is 0.0269. The van der Waals surface area contributed by atoms with Gasteiger partial charge in [0.1, 0.15) is 5.60 Å². The average molecular weight is 348 g/mol. The van der Waals surface area contributed by atoms with Gasteiger partial charge in [-0.2, -0.15) is 0 Å². The number of β-amino-alcohol motifs (C(OH)–C–C–N with tert-alkyl or cyclic N) is 1. The number of likely N-dealkylation sites (tertiary alicyclic amines) is 1. The molecule has 6 nitrogen and oxygen atoms in total. The van der Waals surface area contributed by atoms with Crippen LogP contribution in [0.3, 0.4) is 0 Å². The molecule has 1 aromatic carbocycles. The molecule has 2 N–H and O–H groups in total. The Morgan fingerprint density at radius 1 is 1.24 bits per heavy atom. The van der Waals surface area contributed by atoms with E-state index in [1.54, 1.807) is 32.9 Å². The number of amides is 2. The fourth-order valence-corrected chi connectivity index (χ4v) is 2.75. The van der Waals surface area contributed by atoms with E-state index >= 15 is 0 Å². The quantitative estimate of drug-likeness (QED) is 0.874. The molecule has 2 rings (SSSR count). The van der Waals surface area contributed by atoms with Crippen LogP contribution < -0.4 is 5.32 Å². The Morgan fingerprint density at radius 2 is 1.88 bits per heavy atom. The van der Waals surface area contributed by atoms with Gasteiger partial charge in [-0.05, 0) is 44.9 Å². The summed E-state index contributed by atoms with van der Waals surface area (Å²) in [6.45, 7) is 8.38.